The number of benzene rings is 3. The van der Waals surface area contributed by atoms with Crippen LogP contribution in [0.25, 0.3) is 10.9 Å². The minimum atomic E-state index is -0.425. The number of fused-ring (bicyclic) bond motifs is 1. The minimum Gasteiger partial charge on any atom is -0.497 e. The van der Waals surface area contributed by atoms with Gasteiger partial charge in [-0.1, -0.05) is 42.5 Å². The molecule has 1 aromatic heterocycles. The van der Waals surface area contributed by atoms with Crippen molar-refractivity contribution in [2.75, 3.05) is 13.7 Å². The summed E-state index contributed by atoms with van der Waals surface area (Å²) in [5.74, 6) is 0.0120. The Kier molecular flexibility index (Phi) is 6.31. The first-order valence-electron chi connectivity index (χ1n) is 10.3. The van der Waals surface area contributed by atoms with Crippen LogP contribution in [-0.2, 0) is 13.0 Å². The van der Waals surface area contributed by atoms with E-state index in [4.69, 9.17) is 4.74 Å². The minimum absolute atomic E-state index is 0.0938. The fourth-order valence-electron chi connectivity index (χ4n) is 3.63. The lowest BCUT2D eigenvalue weighted by Gasteiger charge is -2.14. The Hall–Kier alpha value is -3.93. The zero-order valence-electron chi connectivity index (χ0n) is 17.7. The number of carbonyl (C=O) groups is 1. The van der Waals surface area contributed by atoms with Crippen molar-refractivity contribution in [3.63, 3.8) is 0 Å². The van der Waals surface area contributed by atoms with Crippen LogP contribution in [0, 0.1) is 5.82 Å². The Labute approximate surface area is 185 Å². The summed E-state index contributed by atoms with van der Waals surface area (Å²) < 4.78 is 19.9. The molecule has 0 atom stereocenters. The lowest BCUT2D eigenvalue weighted by molar-refractivity contribution is 0.0952. The number of para-hydroxylation sites is 1. The number of ether oxygens (including phenoxy) is 1. The van der Waals surface area contributed by atoms with E-state index in [1.165, 1.54) is 12.1 Å². The number of aromatic nitrogens is 1. The zero-order chi connectivity index (χ0) is 22.5. The van der Waals surface area contributed by atoms with E-state index in [1.54, 1.807) is 29.9 Å². The Balaban J connectivity index is 1.59. The van der Waals surface area contributed by atoms with Gasteiger partial charge in [-0.25, -0.2) is 4.39 Å². The number of pyridine rings is 1. The van der Waals surface area contributed by atoms with E-state index in [0.717, 1.165) is 27.8 Å². The van der Waals surface area contributed by atoms with Crippen molar-refractivity contribution in [3.8, 4) is 5.75 Å². The highest BCUT2D eigenvalue weighted by Crippen LogP contribution is 2.17. The number of rotatable bonds is 7. The third-order valence-corrected chi connectivity index (χ3v) is 5.36. The first-order valence-corrected chi connectivity index (χ1v) is 10.3. The SMILES string of the molecule is COc1ccc(Cn2c(=O)c(C(=O)NCCc3ccc(F)cc3)cc3ccccc32)cc1. The molecule has 6 heteroatoms. The van der Waals surface area contributed by atoms with E-state index in [0.29, 0.717) is 19.5 Å². The summed E-state index contributed by atoms with van der Waals surface area (Å²) in [6.07, 6.45) is 0.541. The largest absolute Gasteiger partial charge is 0.497 e. The van der Waals surface area contributed by atoms with E-state index < -0.39 is 5.91 Å². The Morgan fingerprint density at radius 3 is 2.38 bits per heavy atom. The van der Waals surface area contributed by atoms with Gasteiger partial charge in [0.15, 0.2) is 0 Å². The van der Waals surface area contributed by atoms with Crippen LogP contribution in [0.4, 0.5) is 4.39 Å². The standard InChI is InChI=1S/C26H23FN2O3/c1-32-22-12-8-19(9-13-22)17-29-24-5-3-2-4-20(24)16-23(26(29)31)25(30)28-15-14-18-6-10-21(27)11-7-18/h2-13,16H,14-15,17H2,1H3,(H,28,30). The first-order chi connectivity index (χ1) is 15.5. The molecule has 0 saturated carbocycles. The van der Waals surface area contributed by atoms with E-state index in [-0.39, 0.29) is 16.9 Å². The molecule has 4 aromatic rings. The van der Waals surface area contributed by atoms with Gasteiger partial charge in [0.2, 0.25) is 0 Å². The number of carbonyl (C=O) groups excluding carboxylic acids is 1. The van der Waals surface area contributed by atoms with Crippen LogP contribution in [0.5, 0.6) is 5.75 Å². The van der Waals surface area contributed by atoms with Crippen LogP contribution in [0.3, 0.4) is 0 Å². The average molecular weight is 430 g/mol. The summed E-state index contributed by atoms with van der Waals surface area (Å²) in [5.41, 5.74) is 2.33. The van der Waals surface area contributed by atoms with Crippen molar-refractivity contribution >= 4 is 16.8 Å². The molecule has 0 unspecified atom stereocenters. The van der Waals surface area contributed by atoms with Crippen molar-refractivity contribution in [3.05, 3.63) is 112 Å². The highest BCUT2D eigenvalue weighted by Gasteiger charge is 2.16. The zero-order valence-corrected chi connectivity index (χ0v) is 17.7. The molecule has 32 heavy (non-hydrogen) atoms. The summed E-state index contributed by atoms with van der Waals surface area (Å²) in [5, 5.41) is 3.62. The monoisotopic (exact) mass is 430 g/mol. The summed E-state index contributed by atoms with van der Waals surface area (Å²) in [6.45, 7) is 0.676. The third kappa shape index (κ3) is 4.70. The van der Waals surface area contributed by atoms with Gasteiger partial charge in [-0.05, 0) is 59.3 Å². The van der Waals surface area contributed by atoms with Crippen molar-refractivity contribution in [2.45, 2.75) is 13.0 Å². The predicted octanol–water partition coefficient (Wildman–Crippen LogP) is 4.17. The van der Waals surface area contributed by atoms with Gasteiger partial charge in [-0.15, -0.1) is 0 Å². The Bertz CT molecular complexity index is 1300. The summed E-state index contributed by atoms with van der Waals surface area (Å²) in [4.78, 5) is 26.1. The molecule has 1 amide bonds. The van der Waals surface area contributed by atoms with Gasteiger partial charge < -0.3 is 14.6 Å². The lowest BCUT2D eigenvalue weighted by Crippen LogP contribution is -2.34. The fraction of sp³-hybridized carbons (Fsp3) is 0.154. The van der Waals surface area contributed by atoms with Crippen LogP contribution in [0.1, 0.15) is 21.5 Å². The molecule has 5 nitrogen and oxygen atoms in total. The normalized spacial score (nSPS) is 10.8. The van der Waals surface area contributed by atoms with Crippen LogP contribution < -0.4 is 15.6 Å². The molecule has 0 aliphatic rings. The molecule has 0 spiro atoms. The summed E-state index contributed by atoms with van der Waals surface area (Å²) >= 11 is 0. The smallest absolute Gasteiger partial charge is 0.264 e. The molecule has 0 aliphatic carbocycles. The van der Waals surface area contributed by atoms with Crippen molar-refractivity contribution in [2.24, 2.45) is 0 Å². The van der Waals surface area contributed by atoms with Crippen LogP contribution in [0.15, 0.2) is 83.7 Å². The summed E-state index contributed by atoms with van der Waals surface area (Å²) in [7, 11) is 1.60. The van der Waals surface area contributed by atoms with Crippen molar-refractivity contribution < 1.29 is 13.9 Å². The molecular weight excluding hydrogens is 407 g/mol. The Morgan fingerprint density at radius 1 is 0.969 bits per heavy atom. The van der Waals surface area contributed by atoms with Crippen LogP contribution in [0.2, 0.25) is 0 Å². The Morgan fingerprint density at radius 2 is 1.66 bits per heavy atom. The number of hydrogen-bond acceptors (Lipinski definition) is 3. The maximum absolute atomic E-state index is 13.3. The van der Waals surface area contributed by atoms with Crippen LogP contribution >= 0.6 is 0 Å². The van der Waals surface area contributed by atoms with Crippen molar-refractivity contribution in [1.29, 1.82) is 0 Å². The fourth-order valence-corrected chi connectivity index (χ4v) is 3.63. The molecule has 1 heterocycles. The molecule has 4 rings (SSSR count). The van der Waals surface area contributed by atoms with E-state index in [9.17, 15) is 14.0 Å². The molecule has 162 valence electrons. The van der Waals surface area contributed by atoms with Gasteiger partial charge in [0.05, 0.1) is 19.2 Å². The molecule has 0 bridgehead atoms. The van der Waals surface area contributed by atoms with E-state index >= 15 is 0 Å². The molecule has 0 fully saturated rings. The van der Waals surface area contributed by atoms with E-state index in [1.807, 2.05) is 48.5 Å². The number of hydrogen-bond donors (Lipinski definition) is 1. The lowest BCUT2D eigenvalue weighted by atomic mass is 10.1. The molecule has 1 N–H and O–H groups in total. The maximum atomic E-state index is 13.3. The van der Waals surface area contributed by atoms with Gasteiger partial charge >= 0.3 is 0 Å². The van der Waals surface area contributed by atoms with Gasteiger partial charge in [-0.3, -0.25) is 9.59 Å². The number of nitrogens with zero attached hydrogens (tertiary/aromatic N) is 1. The second-order valence-corrected chi connectivity index (χ2v) is 7.49. The molecule has 0 aliphatic heterocycles. The highest BCUT2D eigenvalue weighted by molar-refractivity contribution is 5.97. The molecule has 0 saturated heterocycles. The van der Waals surface area contributed by atoms with Crippen LogP contribution in [-0.4, -0.2) is 24.1 Å². The topological polar surface area (TPSA) is 60.3 Å². The highest BCUT2D eigenvalue weighted by atomic mass is 19.1. The van der Waals surface area contributed by atoms with Crippen molar-refractivity contribution in [1.82, 2.24) is 9.88 Å². The molecule has 0 radical (unpaired) electrons. The molecule has 3 aromatic carbocycles. The quantitative estimate of drug-likeness (QED) is 0.479. The first kappa shape index (κ1) is 21.3. The van der Waals surface area contributed by atoms with Gasteiger partial charge in [-0.2, -0.15) is 0 Å². The number of amides is 1. The van der Waals surface area contributed by atoms with E-state index in [2.05, 4.69) is 5.32 Å². The second kappa shape index (κ2) is 9.47. The predicted molar refractivity (Wildman–Crippen MR) is 123 cm³/mol. The van der Waals surface area contributed by atoms with Gasteiger partial charge in [0, 0.05) is 6.54 Å². The third-order valence-electron chi connectivity index (χ3n) is 5.36. The number of methoxy groups -OCH3 is 1. The van der Waals surface area contributed by atoms with Gasteiger partial charge in [0.25, 0.3) is 11.5 Å². The average Bonchev–Trinajstić information content (AvgIpc) is 2.82. The number of nitrogens with one attached hydrogen (secondary N) is 1. The number of halogens is 1. The van der Waals surface area contributed by atoms with Gasteiger partial charge in [0.1, 0.15) is 17.1 Å². The second-order valence-electron chi connectivity index (χ2n) is 7.49. The molecular formula is C26H23FN2O3. The summed E-state index contributed by atoms with van der Waals surface area (Å²) in [6, 6.07) is 22.7. The maximum Gasteiger partial charge on any atom is 0.264 e.